The molecule has 3 atom stereocenters. The Balaban J connectivity index is 1.49. The largest absolute Gasteiger partial charge is 0.372 e. The molecule has 0 N–H and O–H groups in total. The van der Waals surface area contributed by atoms with E-state index in [-0.39, 0.29) is 17.7 Å². The van der Waals surface area contributed by atoms with Crippen LogP contribution < -0.4 is 0 Å². The van der Waals surface area contributed by atoms with Crippen LogP contribution in [-0.2, 0) is 28.4 Å². The lowest BCUT2D eigenvalue weighted by Gasteiger charge is -2.49. The Morgan fingerprint density at radius 2 is 2.04 bits per heavy atom. The van der Waals surface area contributed by atoms with E-state index in [0.29, 0.717) is 6.61 Å². The number of aromatic nitrogens is 2. The lowest BCUT2D eigenvalue weighted by molar-refractivity contribution is -0.143. The van der Waals surface area contributed by atoms with E-state index in [1.165, 1.54) is 6.26 Å². The number of rotatable bonds is 3. The summed E-state index contributed by atoms with van der Waals surface area (Å²) >= 11 is 0. The normalized spacial score (nSPS) is 34.9. The number of sulfonamides is 1. The van der Waals surface area contributed by atoms with Crippen LogP contribution in [0.4, 0.5) is 0 Å². The second-order valence-corrected chi connectivity index (χ2v) is 9.47. The summed E-state index contributed by atoms with van der Waals surface area (Å²) in [5.74, 6) is 1.06. The van der Waals surface area contributed by atoms with Gasteiger partial charge in [0.25, 0.3) is 0 Å². The molecule has 0 radical (unpaired) electrons. The third-order valence-corrected chi connectivity index (χ3v) is 7.13. The molecule has 0 aliphatic carbocycles. The van der Waals surface area contributed by atoms with Gasteiger partial charge in [-0.1, -0.05) is 0 Å². The van der Waals surface area contributed by atoms with Crippen molar-refractivity contribution in [2.75, 3.05) is 26.0 Å². The van der Waals surface area contributed by atoms with Crippen molar-refractivity contribution in [1.29, 1.82) is 0 Å². The number of imidazole rings is 1. The maximum Gasteiger partial charge on any atom is 0.211 e. The van der Waals surface area contributed by atoms with Crippen LogP contribution in [0.3, 0.4) is 0 Å². The molecular formula is C16H26N4O3S. The molecule has 3 fully saturated rings. The van der Waals surface area contributed by atoms with E-state index >= 15 is 0 Å². The van der Waals surface area contributed by atoms with Crippen molar-refractivity contribution in [2.45, 2.75) is 49.9 Å². The standard InChI is InChI=1S/C16H26N4O3S/c1-18-6-5-17-15(18)11-19-7-8-23-16(12-19)9-13-3-4-14(10-16)20(13)24(2,21)22/h5-6,13-14H,3-4,7-12H2,1-2H3/t13-,14+,16?. The molecule has 7 nitrogen and oxygen atoms in total. The van der Waals surface area contributed by atoms with Gasteiger partial charge in [0, 0.05) is 44.6 Å². The van der Waals surface area contributed by atoms with E-state index in [0.717, 1.165) is 51.1 Å². The predicted molar refractivity (Wildman–Crippen MR) is 89.9 cm³/mol. The van der Waals surface area contributed by atoms with Crippen molar-refractivity contribution in [2.24, 2.45) is 7.05 Å². The van der Waals surface area contributed by atoms with Gasteiger partial charge in [0.1, 0.15) is 5.82 Å². The zero-order chi connectivity index (χ0) is 16.9. The van der Waals surface area contributed by atoms with Crippen LogP contribution in [0.2, 0.25) is 0 Å². The van der Waals surface area contributed by atoms with Crippen LogP contribution in [0, 0.1) is 0 Å². The van der Waals surface area contributed by atoms with E-state index < -0.39 is 10.0 Å². The van der Waals surface area contributed by atoms with Gasteiger partial charge in [-0.25, -0.2) is 13.4 Å². The van der Waals surface area contributed by atoms with Gasteiger partial charge in [0.15, 0.2) is 0 Å². The van der Waals surface area contributed by atoms with Crippen molar-refractivity contribution < 1.29 is 13.2 Å². The summed E-state index contributed by atoms with van der Waals surface area (Å²) in [5.41, 5.74) is -0.198. The first-order valence-electron chi connectivity index (χ1n) is 8.67. The van der Waals surface area contributed by atoms with E-state index in [9.17, 15) is 8.42 Å². The Bertz CT molecular complexity index is 703. The molecule has 1 spiro atoms. The van der Waals surface area contributed by atoms with Crippen molar-refractivity contribution in [3.63, 3.8) is 0 Å². The molecule has 3 aliphatic rings. The van der Waals surface area contributed by atoms with Crippen LogP contribution in [0.25, 0.3) is 0 Å². The minimum Gasteiger partial charge on any atom is -0.372 e. The number of fused-ring (bicyclic) bond motifs is 2. The summed E-state index contributed by atoms with van der Waals surface area (Å²) in [6.45, 7) is 3.30. The van der Waals surface area contributed by atoms with Crippen LogP contribution in [-0.4, -0.2) is 70.8 Å². The fraction of sp³-hybridized carbons (Fsp3) is 0.812. The van der Waals surface area contributed by atoms with Crippen LogP contribution in [0.15, 0.2) is 12.4 Å². The number of ether oxygens (including phenoxy) is 1. The molecular weight excluding hydrogens is 328 g/mol. The maximum absolute atomic E-state index is 12.1. The van der Waals surface area contributed by atoms with Gasteiger partial charge in [0.2, 0.25) is 10.0 Å². The number of nitrogens with zero attached hydrogens (tertiary/aromatic N) is 4. The van der Waals surface area contributed by atoms with Crippen LogP contribution in [0.1, 0.15) is 31.5 Å². The molecule has 2 bridgehead atoms. The lowest BCUT2D eigenvalue weighted by Crippen LogP contribution is -2.60. The summed E-state index contributed by atoms with van der Waals surface area (Å²) in [7, 11) is -1.11. The number of aryl methyl sites for hydroxylation is 1. The SMILES string of the molecule is Cn1ccnc1CN1CCOC2(C[C@H]3CC[C@@H](C2)N3S(C)(=O)=O)C1. The topological polar surface area (TPSA) is 67.7 Å². The molecule has 0 saturated carbocycles. The summed E-state index contributed by atoms with van der Waals surface area (Å²) in [5, 5.41) is 0. The monoisotopic (exact) mass is 354 g/mol. The van der Waals surface area contributed by atoms with Crippen molar-refractivity contribution in [1.82, 2.24) is 18.8 Å². The summed E-state index contributed by atoms with van der Waals surface area (Å²) in [6.07, 6.45) is 8.68. The minimum absolute atomic E-state index is 0.104. The number of morpholine rings is 1. The van der Waals surface area contributed by atoms with E-state index in [1.54, 1.807) is 4.31 Å². The molecule has 3 aliphatic heterocycles. The second-order valence-electron chi connectivity index (χ2n) is 7.58. The molecule has 0 aromatic carbocycles. The third kappa shape index (κ3) is 2.89. The Kier molecular flexibility index (Phi) is 3.98. The first-order valence-corrected chi connectivity index (χ1v) is 10.5. The van der Waals surface area contributed by atoms with E-state index in [2.05, 4.69) is 14.5 Å². The molecule has 1 aromatic rings. The van der Waals surface area contributed by atoms with Gasteiger partial charge < -0.3 is 9.30 Å². The number of piperidine rings is 1. The molecule has 3 saturated heterocycles. The van der Waals surface area contributed by atoms with E-state index in [1.807, 2.05) is 19.4 Å². The van der Waals surface area contributed by atoms with Crippen LogP contribution >= 0.6 is 0 Å². The highest BCUT2D eigenvalue weighted by atomic mass is 32.2. The van der Waals surface area contributed by atoms with Gasteiger partial charge >= 0.3 is 0 Å². The van der Waals surface area contributed by atoms with Crippen molar-refractivity contribution in [3.8, 4) is 0 Å². The highest BCUT2D eigenvalue weighted by Crippen LogP contribution is 2.45. The highest BCUT2D eigenvalue weighted by molar-refractivity contribution is 7.88. The molecule has 24 heavy (non-hydrogen) atoms. The fourth-order valence-electron chi connectivity index (χ4n) is 4.86. The maximum atomic E-state index is 12.1. The van der Waals surface area contributed by atoms with E-state index in [4.69, 9.17) is 4.74 Å². The van der Waals surface area contributed by atoms with Gasteiger partial charge in [0.05, 0.1) is 25.0 Å². The van der Waals surface area contributed by atoms with Gasteiger partial charge in [-0.3, -0.25) is 4.90 Å². The average molecular weight is 354 g/mol. The van der Waals surface area contributed by atoms with Gasteiger partial charge in [-0.2, -0.15) is 4.31 Å². The average Bonchev–Trinajstić information content (AvgIpc) is 3.02. The minimum atomic E-state index is -3.13. The van der Waals surface area contributed by atoms with Crippen LogP contribution in [0.5, 0.6) is 0 Å². The highest BCUT2D eigenvalue weighted by Gasteiger charge is 2.53. The lowest BCUT2D eigenvalue weighted by atomic mass is 9.85. The smallest absolute Gasteiger partial charge is 0.211 e. The zero-order valence-corrected chi connectivity index (χ0v) is 15.2. The Hall–Kier alpha value is -0.960. The zero-order valence-electron chi connectivity index (χ0n) is 14.4. The Morgan fingerprint density at radius 3 is 2.62 bits per heavy atom. The summed E-state index contributed by atoms with van der Waals surface area (Å²) in [6, 6.07) is 0.207. The first kappa shape index (κ1) is 16.5. The first-order chi connectivity index (χ1) is 11.4. The summed E-state index contributed by atoms with van der Waals surface area (Å²) in [4.78, 5) is 6.83. The number of hydrogen-bond acceptors (Lipinski definition) is 5. The Labute approximate surface area is 143 Å². The molecule has 134 valence electrons. The third-order valence-electron chi connectivity index (χ3n) is 5.76. The summed E-state index contributed by atoms with van der Waals surface area (Å²) < 4.78 is 34.2. The molecule has 4 rings (SSSR count). The predicted octanol–water partition coefficient (Wildman–Crippen LogP) is 0.578. The molecule has 1 aromatic heterocycles. The quantitative estimate of drug-likeness (QED) is 0.794. The van der Waals surface area contributed by atoms with Crippen molar-refractivity contribution in [3.05, 3.63) is 18.2 Å². The Morgan fingerprint density at radius 1 is 1.33 bits per heavy atom. The second kappa shape index (κ2) is 5.79. The number of hydrogen-bond donors (Lipinski definition) is 0. The van der Waals surface area contributed by atoms with Gasteiger partial charge in [-0.05, 0) is 25.7 Å². The molecule has 0 amide bonds. The molecule has 4 heterocycles. The molecule has 1 unspecified atom stereocenters. The fourth-order valence-corrected chi connectivity index (χ4v) is 6.30. The van der Waals surface area contributed by atoms with Crippen molar-refractivity contribution >= 4 is 10.0 Å². The molecule has 8 heteroatoms. The van der Waals surface area contributed by atoms with Gasteiger partial charge in [-0.15, -0.1) is 0 Å².